The largest absolute Gasteiger partial charge is 0.363 e. The van der Waals surface area contributed by atoms with E-state index in [0.717, 1.165) is 34.7 Å². The zero-order chi connectivity index (χ0) is 23.4. The van der Waals surface area contributed by atoms with E-state index in [4.69, 9.17) is 0 Å². The third-order valence-electron chi connectivity index (χ3n) is 8.14. The zero-order valence-corrected chi connectivity index (χ0v) is 19.0. The Kier molecular flexibility index (Phi) is 3.97. The first-order valence-corrected chi connectivity index (χ1v) is 11.0. The van der Waals surface area contributed by atoms with Gasteiger partial charge in [0, 0.05) is 44.4 Å². The van der Waals surface area contributed by atoms with Gasteiger partial charge in [-0.05, 0) is 41.7 Å². The summed E-state index contributed by atoms with van der Waals surface area (Å²) in [6.07, 6.45) is 2.64. The number of imide groups is 2. The summed E-state index contributed by atoms with van der Waals surface area (Å²) in [5.41, 5.74) is -0.392. The quantitative estimate of drug-likeness (QED) is 0.378. The molecule has 2 saturated heterocycles. The van der Waals surface area contributed by atoms with Crippen LogP contribution in [0.3, 0.4) is 0 Å². The highest BCUT2D eigenvalue weighted by Gasteiger charge is 2.71. The molecule has 0 aromatic heterocycles. The molecular weight excluding hydrogens is 412 g/mol. The van der Waals surface area contributed by atoms with E-state index in [-0.39, 0.29) is 29.0 Å². The monoisotopic (exact) mass is 440 g/mol. The normalized spacial score (nSPS) is 32.3. The Morgan fingerprint density at radius 3 is 2.25 bits per heavy atom. The Morgan fingerprint density at radius 1 is 1.03 bits per heavy atom. The molecule has 3 atom stereocenters. The molecule has 32 heavy (non-hydrogen) atoms. The number of carbonyl (C=O) groups is 3. The molecule has 1 aromatic carbocycles. The summed E-state index contributed by atoms with van der Waals surface area (Å²) in [4.78, 5) is 55.5. The fraction of sp³-hybridized carbons (Fsp3) is 0.609. The second kappa shape index (κ2) is 6.08. The van der Waals surface area contributed by atoms with Gasteiger partial charge < -0.3 is 4.90 Å². The molecule has 9 nitrogen and oxygen atoms in total. The molecule has 2 bridgehead atoms. The Bertz CT molecular complexity index is 1070. The van der Waals surface area contributed by atoms with Crippen LogP contribution in [0.1, 0.15) is 45.6 Å². The minimum absolute atomic E-state index is 0.0194. The number of hydrogen-bond donors (Lipinski definition) is 0. The van der Waals surface area contributed by atoms with E-state index in [2.05, 4.69) is 25.7 Å². The number of anilines is 1. The molecule has 3 fully saturated rings. The molecule has 4 aliphatic rings. The van der Waals surface area contributed by atoms with Gasteiger partial charge in [-0.25, -0.2) is 4.79 Å². The number of benzene rings is 1. The smallest absolute Gasteiger partial charge is 0.332 e. The number of fused-ring (bicyclic) bond motifs is 8. The van der Waals surface area contributed by atoms with Crippen molar-refractivity contribution < 1.29 is 19.3 Å². The molecule has 170 valence electrons. The Labute approximate surface area is 186 Å². The first-order valence-electron chi connectivity index (χ1n) is 11.0. The lowest BCUT2D eigenvalue weighted by atomic mass is 9.56. The summed E-state index contributed by atoms with van der Waals surface area (Å²) in [7, 11) is 2.83. The van der Waals surface area contributed by atoms with Crippen molar-refractivity contribution in [3.8, 4) is 0 Å². The first-order chi connectivity index (χ1) is 14.8. The van der Waals surface area contributed by atoms with Gasteiger partial charge in [-0.3, -0.25) is 29.5 Å². The highest BCUT2D eigenvalue weighted by molar-refractivity contribution is 6.20. The summed E-state index contributed by atoms with van der Waals surface area (Å²) in [5, 5.41) is 11.5. The van der Waals surface area contributed by atoms with E-state index in [1.807, 2.05) is 0 Å². The van der Waals surface area contributed by atoms with Crippen LogP contribution < -0.4 is 4.90 Å². The van der Waals surface area contributed by atoms with Gasteiger partial charge in [0.25, 0.3) is 5.69 Å². The van der Waals surface area contributed by atoms with Gasteiger partial charge in [-0.1, -0.05) is 20.8 Å². The zero-order valence-electron chi connectivity index (χ0n) is 19.0. The SMILES string of the molecule is CN1C(=O)N(C)C(=O)C2(Cc3cc([N+](=O)[O-])ccc3N3[C@H]4CC(C)(C)C[C@](C)(C4)[C@@H]32)C1=O. The van der Waals surface area contributed by atoms with Gasteiger partial charge >= 0.3 is 6.03 Å². The summed E-state index contributed by atoms with van der Waals surface area (Å²) < 4.78 is 0. The summed E-state index contributed by atoms with van der Waals surface area (Å²) in [6.45, 7) is 6.58. The third kappa shape index (κ3) is 2.42. The van der Waals surface area contributed by atoms with Crippen molar-refractivity contribution in [1.82, 2.24) is 9.80 Å². The van der Waals surface area contributed by atoms with Crippen molar-refractivity contribution >= 4 is 29.2 Å². The molecule has 0 unspecified atom stereocenters. The van der Waals surface area contributed by atoms with Crippen molar-refractivity contribution in [1.29, 1.82) is 0 Å². The van der Waals surface area contributed by atoms with Crippen LogP contribution in [0, 0.1) is 26.4 Å². The topological polar surface area (TPSA) is 104 Å². The van der Waals surface area contributed by atoms with Crippen molar-refractivity contribution in [2.45, 2.75) is 58.5 Å². The molecule has 4 amide bonds. The van der Waals surface area contributed by atoms with E-state index < -0.39 is 34.2 Å². The number of non-ortho nitro benzene ring substituents is 1. The van der Waals surface area contributed by atoms with E-state index in [9.17, 15) is 24.5 Å². The van der Waals surface area contributed by atoms with Gasteiger partial charge in [-0.15, -0.1) is 0 Å². The number of nitrogens with zero attached hydrogens (tertiary/aromatic N) is 4. The van der Waals surface area contributed by atoms with Crippen LogP contribution in [-0.2, 0) is 16.0 Å². The van der Waals surface area contributed by atoms with Crippen LogP contribution in [0.15, 0.2) is 18.2 Å². The van der Waals surface area contributed by atoms with Crippen LogP contribution in [-0.4, -0.2) is 58.7 Å². The van der Waals surface area contributed by atoms with Crippen molar-refractivity contribution in [2.75, 3.05) is 19.0 Å². The molecule has 3 heterocycles. The van der Waals surface area contributed by atoms with Crippen LogP contribution in [0.25, 0.3) is 0 Å². The Hall–Kier alpha value is -2.97. The molecule has 0 N–H and O–H groups in total. The molecule has 1 saturated carbocycles. The molecule has 5 rings (SSSR count). The van der Waals surface area contributed by atoms with Gasteiger partial charge in [-0.2, -0.15) is 0 Å². The van der Waals surface area contributed by atoms with Gasteiger partial charge in [0.15, 0.2) is 5.41 Å². The fourth-order valence-electron chi connectivity index (χ4n) is 7.56. The maximum atomic E-state index is 13.8. The van der Waals surface area contributed by atoms with Crippen molar-refractivity contribution in [3.05, 3.63) is 33.9 Å². The van der Waals surface area contributed by atoms with E-state index in [1.165, 1.54) is 26.2 Å². The lowest BCUT2D eigenvalue weighted by molar-refractivity contribution is -0.384. The molecule has 0 radical (unpaired) electrons. The van der Waals surface area contributed by atoms with Gasteiger partial charge in [0.1, 0.15) is 0 Å². The lowest BCUT2D eigenvalue weighted by Crippen LogP contribution is -2.72. The predicted octanol–water partition coefficient (Wildman–Crippen LogP) is 2.96. The van der Waals surface area contributed by atoms with Crippen LogP contribution in [0.2, 0.25) is 0 Å². The van der Waals surface area contributed by atoms with E-state index >= 15 is 0 Å². The number of barbiturate groups is 1. The molecule has 1 aromatic rings. The van der Waals surface area contributed by atoms with Crippen LogP contribution in [0.5, 0.6) is 0 Å². The number of amides is 4. The second-order valence-corrected chi connectivity index (χ2v) is 11.1. The molecule has 1 aliphatic carbocycles. The lowest BCUT2D eigenvalue weighted by Gasteiger charge is -2.54. The number of nitro groups is 1. The molecular formula is C23H28N4O5. The minimum atomic E-state index is -1.50. The Balaban J connectivity index is 1.79. The second-order valence-electron chi connectivity index (χ2n) is 11.1. The van der Waals surface area contributed by atoms with Crippen LogP contribution in [0.4, 0.5) is 16.2 Å². The average molecular weight is 441 g/mol. The minimum Gasteiger partial charge on any atom is -0.363 e. The third-order valence-corrected chi connectivity index (χ3v) is 8.14. The Morgan fingerprint density at radius 2 is 1.66 bits per heavy atom. The fourth-order valence-corrected chi connectivity index (χ4v) is 7.56. The summed E-state index contributed by atoms with van der Waals surface area (Å²) in [5.74, 6) is -1.02. The van der Waals surface area contributed by atoms with Gasteiger partial charge in [0.2, 0.25) is 11.8 Å². The maximum Gasteiger partial charge on any atom is 0.332 e. The number of nitro benzene ring substituents is 1. The van der Waals surface area contributed by atoms with Gasteiger partial charge in [0.05, 0.1) is 11.0 Å². The van der Waals surface area contributed by atoms with E-state index in [0.29, 0.717) is 5.56 Å². The maximum absolute atomic E-state index is 13.8. The number of rotatable bonds is 1. The number of carbonyl (C=O) groups excluding carboxylic acids is 3. The summed E-state index contributed by atoms with van der Waals surface area (Å²) in [6, 6.07) is 3.79. The van der Waals surface area contributed by atoms with Crippen molar-refractivity contribution in [2.24, 2.45) is 16.2 Å². The predicted molar refractivity (Wildman–Crippen MR) is 116 cm³/mol. The molecule has 3 aliphatic heterocycles. The standard InChI is InChI=1S/C23H28N4O5/c1-21(2)10-15-11-22(3,12-21)17-23(18(28)24(4)20(30)25(5)19(23)29)9-13-8-14(27(31)32)6-7-16(13)26(15)17/h6-8,15,17H,9-12H2,1-5H3/t15-,17+,22-/m0/s1. The molecule has 9 heteroatoms. The number of hydrogen-bond acceptors (Lipinski definition) is 6. The average Bonchev–Trinajstić information content (AvgIpc) is 2.94. The highest BCUT2D eigenvalue weighted by Crippen LogP contribution is 2.64. The first kappa shape index (κ1) is 20.9. The van der Waals surface area contributed by atoms with E-state index in [1.54, 1.807) is 6.07 Å². The number of urea groups is 1. The summed E-state index contributed by atoms with van der Waals surface area (Å²) >= 11 is 0. The van der Waals surface area contributed by atoms with Crippen molar-refractivity contribution in [3.63, 3.8) is 0 Å². The van der Waals surface area contributed by atoms with Crippen LogP contribution >= 0.6 is 0 Å². The highest BCUT2D eigenvalue weighted by atomic mass is 16.6. The molecule has 1 spiro atoms.